The summed E-state index contributed by atoms with van der Waals surface area (Å²) in [6, 6.07) is 14.7. The summed E-state index contributed by atoms with van der Waals surface area (Å²) in [6.07, 6.45) is 3.13. The van der Waals surface area contributed by atoms with Gasteiger partial charge in [-0.1, -0.05) is 18.2 Å². The van der Waals surface area contributed by atoms with Gasteiger partial charge in [0.2, 0.25) is 0 Å². The molecule has 3 aromatic rings. The van der Waals surface area contributed by atoms with E-state index in [2.05, 4.69) is 15.6 Å². The van der Waals surface area contributed by atoms with Crippen molar-refractivity contribution in [2.24, 2.45) is 0 Å². The molecule has 7 heteroatoms. The normalized spacial score (nSPS) is 10.8. The molecule has 1 heterocycles. The Hall–Kier alpha value is -4.05. The van der Waals surface area contributed by atoms with Gasteiger partial charge in [-0.25, -0.2) is 4.39 Å². The van der Waals surface area contributed by atoms with Gasteiger partial charge in [-0.2, -0.15) is 5.26 Å². The molecule has 3 rings (SSSR count). The molecule has 0 atom stereocenters. The van der Waals surface area contributed by atoms with Crippen LogP contribution in [0.2, 0.25) is 0 Å². The SMILES string of the molecule is Cc1ccc(NC(=O)c2cccc(C(C)(C)C#N)c2F)cc1C(=O)Nc1cccnc1. The number of hydrogen-bond donors (Lipinski definition) is 2. The first kappa shape index (κ1) is 21.7. The Morgan fingerprint density at radius 2 is 1.71 bits per heavy atom. The van der Waals surface area contributed by atoms with Crippen molar-refractivity contribution in [3.05, 3.63) is 89.0 Å². The number of nitrogens with one attached hydrogen (secondary N) is 2. The molecule has 6 nitrogen and oxygen atoms in total. The Morgan fingerprint density at radius 3 is 2.39 bits per heavy atom. The molecule has 0 unspecified atom stereocenters. The van der Waals surface area contributed by atoms with Gasteiger partial charge in [-0.05, 0) is 56.7 Å². The maximum Gasteiger partial charge on any atom is 0.258 e. The van der Waals surface area contributed by atoms with Gasteiger partial charge >= 0.3 is 0 Å². The Bertz CT molecular complexity index is 1180. The highest BCUT2D eigenvalue weighted by Gasteiger charge is 2.27. The number of aryl methyl sites for hydroxylation is 1. The molecule has 0 aliphatic carbocycles. The lowest BCUT2D eigenvalue weighted by Crippen LogP contribution is -2.21. The van der Waals surface area contributed by atoms with Crippen molar-refractivity contribution in [2.45, 2.75) is 26.2 Å². The number of anilines is 2. The topological polar surface area (TPSA) is 94.9 Å². The molecule has 0 spiro atoms. The fourth-order valence-corrected chi connectivity index (χ4v) is 3.03. The number of rotatable bonds is 5. The quantitative estimate of drug-likeness (QED) is 0.622. The first-order valence-corrected chi connectivity index (χ1v) is 9.56. The lowest BCUT2D eigenvalue weighted by atomic mass is 9.85. The van der Waals surface area contributed by atoms with Crippen molar-refractivity contribution in [3.8, 4) is 6.07 Å². The van der Waals surface area contributed by atoms with Crippen LogP contribution < -0.4 is 10.6 Å². The van der Waals surface area contributed by atoms with Gasteiger partial charge in [0.05, 0.1) is 28.9 Å². The molecule has 156 valence electrons. The molecule has 31 heavy (non-hydrogen) atoms. The summed E-state index contributed by atoms with van der Waals surface area (Å²) in [5.41, 5.74) is 0.842. The molecule has 0 aliphatic rings. The summed E-state index contributed by atoms with van der Waals surface area (Å²) in [7, 11) is 0. The molecule has 0 bridgehead atoms. The lowest BCUT2D eigenvalue weighted by molar-refractivity contribution is 0.101. The molecule has 1 aromatic heterocycles. The number of pyridine rings is 1. The van der Waals surface area contributed by atoms with Crippen molar-refractivity contribution in [1.82, 2.24) is 4.98 Å². The summed E-state index contributed by atoms with van der Waals surface area (Å²) >= 11 is 0. The van der Waals surface area contributed by atoms with Crippen LogP contribution in [-0.4, -0.2) is 16.8 Å². The third-order valence-corrected chi connectivity index (χ3v) is 4.86. The number of carbonyl (C=O) groups is 2. The Kier molecular flexibility index (Phi) is 6.12. The second-order valence-corrected chi connectivity index (χ2v) is 7.58. The first-order valence-electron chi connectivity index (χ1n) is 9.56. The van der Waals surface area contributed by atoms with E-state index in [0.29, 0.717) is 22.5 Å². The lowest BCUT2D eigenvalue weighted by Gasteiger charge is -2.18. The highest BCUT2D eigenvalue weighted by Crippen LogP contribution is 2.27. The largest absolute Gasteiger partial charge is 0.322 e. The van der Waals surface area contributed by atoms with Crippen LogP contribution in [0.15, 0.2) is 60.9 Å². The maximum absolute atomic E-state index is 14.9. The van der Waals surface area contributed by atoms with Crippen LogP contribution >= 0.6 is 0 Å². The van der Waals surface area contributed by atoms with E-state index >= 15 is 0 Å². The number of hydrogen-bond acceptors (Lipinski definition) is 4. The third kappa shape index (κ3) is 4.75. The van der Waals surface area contributed by atoms with Crippen molar-refractivity contribution >= 4 is 23.2 Å². The number of amides is 2. The standard InChI is InChI=1S/C24H21FN4O2/c1-15-9-10-16(12-19(15)23(31)29-17-6-5-11-27-13-17)28-22(30)18-7-4-8-20(21(18)25)24(2,3)14-26/h4-13H,1-3H3,(H,28,30)(H,29,31). The van der Waals surface area contributed by atoms with E-state index in [9.17, 15) is 19.2 Å². The zero-order valence-electron chi connectivity index (χ0n) is 17.4. The van der Waals surface area contributed by atoms with Crippen LogP contribution in [0.25, 0.3) is 0 Å². The van der Waals surface area contributed by atoms with Gasteiger partial charge in [0.1, 0.15) is 5.82 Å². The van der Waals surface area contributed by atoms with Crippen molar-refractivity contribution in [2.75, 3.05) is 10.6 Å². The average Bonchev–Trinajstić information content (AvgIpc) is 2.75. The maximum atomic E-state index is 14.9. The smallest absolute Gasteiger partial charge is 0.258 e. The van der Waals surface area contributed by atoms with Gasteiger partial charge in [-0.3, -0.25) is 14.6 Å². The summed E-state index contributed by atoms with van der Waals surface area (Å²) in [4.78, 5) is 29.3. The number of nitrogens with zero attached hydrogens (tertiary/aromatic N) is 2. The second kappa shape index (κ2) is 8.76. The summed E-state index contributed by atoms with van der Waals surface area (Å²) in [6.45, 7) is 4.94. The van der Waals surface area contributed by atoms with E-state index in [1.807, 2.05) is 6.07 Å². The Labute approximate surface area is 179 Å². The molecule has 2 N–H and O–H groups in total. The van der Waals surface area contributed by atoms with Crippen LogP contribution in [0, 0.1) is 24.1 Å². The summed E-state index contributed by atoms with van der Waals surface area (Å²) in [5, 5.41) is 14.7. The van der Waals surface area contributed by atoms with E-state index in [1.54, 1.807) is 51.2 Å². The van der Waals surface area contributed by atoms with Gasteiger partial charge in [-0.15, -0.1) is 0 Å². The molecule has 0 saturated carbocycles. The molecule has 0 aliphatic heterocycles. The first-order chi connectivity index (χ1) is 14.7. The highest BCUT2D eigenvalue weighted by molar-refractivity contribution is 6.08. The van der Waals surface area contributed by atoms with Gasteiger partial charge in [0, 0.05) is 23.0 Å². The third-order valence-electron chi connectivity index (χ3n) is 4.86. The minimum absolute atomic E-state index is 0.142. The van der Waals surface area contributed by atoms with Crippen LogP contribution in [0.5, 0.6) is 0 Å². The molecule has 0 saturated heterocycles. The van der Waals surface area contributed by atoms with Crippen LogP contribution in [0.4, 0.5) is 15.8 Å². The van der Waals surface area contributed by atoms with Crippen molar-refractivity contribution in [1.29, 1.82) is 5.26 Å². The molecule has 0 fully saturated rings. The second-order valence-electron chi connectivity index (χ2n) is 7.58. The minimum atomic E-state index is -1.08. The molecular weight excluding hydrogens is 395 g/mol. The van der Waals surface area contributed by atoms with Crippen molar-refractivity contribution in [3.63, 3.8) is 0 Å². The monoisotopic (exact) mass is 416 g/mol. The van der Waals surface area contributed by atoms with E-state index in [0.717, 1.165) is 0 Å². The summed E-state index contributed by atoms with van der Waals surface area (Å²) in [5.74, 6) is -1.77. The molecule has 2 aromatic carbocycles. The zero-order chi connectivity index (χ0) is 22.6. The molecule has 0 radical (unpaired) electrons. The molecule has 2 amide bonds. The van der Waals surface area contributed by atoms with Crippen LogP contribution in [0.3, 0.4) is 0 Å². The van der Waals surface area contributed by atoms with Gasteiger partial charge in [0.15, 0.2) is 0 Å². The predicted octanol–water partition coefficient (Wildman–Crippen LogP) is 4.83. The fourth-order valence-electron chi connectivity index (χ4n) is 3.03. The van der Waals surface area contributed by atoms with Crippen LogP contribution in [0.1, 0.15) is 45.7 Å². The van der Waals surface area contributed by atoms with E-state index in [4.69, 9.17) is 0 Å². The predicted molar refractivity (Wildman–Crippen MR) is 116 cm³/mol. The van der Waals surface area contributed by atoms with E-state index < -0.39 is 17.1 Å². The Morgan fingerprint density at radius 1 is 1.00 bits per heavy atom. The van der Waals surface area contributed by atoms with Gasteiger partial charge in [0.25, 0.3) is 11.8 Å². The Balaban J connectivity index is 1.85. The zero-order valence-corrected chi connectivity index (χ0v) is 17.4. The minimum Gasteiger partial charge on any atom is -0.322 e. The number of halogens is 1. The number of nitriles is 1. The number of carbonyl (C=O) groups excluding carboxylic acids is 2. The summed E-state index contributed by atoms with van der Waals surface area (Å²) < 4.78 is 14.9. The van der Waals surface area contributed by atoms with Crippen molar-refractivity contribution < 1.29 is 14.0 Å². The highest BCUT2D eigenvalue weighted by atomic mass is 19.1. The van der Waals surface area contributed by atoms with Crippen LogP contribution in [-0.2, 0) is 5.41 Å². The van der Waals surface area contributed by atoms with E-state index in [-0.39, 0.29) is 17.0 Å². The fraction of sp³-hybridized carbons (Fsp3) is 0.167. The molecular formula is C24H21FN4O2. The number of benzene rings is 2. The average molecular weight is 416 g/mol. The van der Waals surface area contributed by atoms with E-state index in [1.165, 1.54) is 30.5 Å². The van der Waals surface area contributed by atoms with Gasteiger partial charge < -0.3 is 10.6 Å². The number of aromatic nitrogens is 1.